The van der Waals surface area contributed by atoms with Crippen molar-refractivity contribution >= 4 is 6.09 Å². The van der Waals surface area contributed by atoms with Crippen LogP contribution < -0.4 is 10.1 Å². The van der Waals surface area contributed by atoms with Crippen molar-refractivity contribution < 1.29 is 18.7 Å². The lowest BCUT2D eigenvalue weighted by molar-refractivity contribution is 0.0531. The first-order valence-corrected chi connectivity index (χ1v) is 9.60. The molecule has 1 N–H and O–H groups in total. The van der Waals surface area contributed by atoms with Crippen molar-refractivity contribution in [1.82, 2.24) is 20.1 Å². The van der Waals surface area contributed by atoms with Gasteiger partial charge in [0.15, 0.2) is 11.6 Å². The smallest absolute Gasteiger partial charge is 0.407 e. The Labute approximate surface area is 170 Å². The molecule has 0 spiro atoms. The molecule has 1 amide bonds. The molecule has 0 aliphatic heterocycles. The van der Waals surface area contributed by atoms with Gasteiger partial charge in [-0.2, -0.15) is 5.10 Å². The van der Waals surface area contributed by atoms with Gasteiger partial charge in [-0.05, 0) is 51.5 Å². The average Bonchev–Trinajstić information content (AvgIpc) is 3.01. The standard InChI is InChI=1S/C21H29FN4O3/c1-6-7-18-24-19(26(5)25-18)16-8-10-17(11-9-16)28-14-15(12-22)13-23-20(27)29-21(2,3)4/h8-12H,6-7,13-14H2,1-5H3,(H,23,27)/b15-12+. The third kappa shape index (κ3) is 7.21. The van der Waals surface area contributed by atoms with Crippen molar-refractivity contribution in [2.75, 3.05) is 13.2 Å². The van der Waals surface area contributed by atoms with E-state index in [9.17, 15) is 9.18 Å². The van der Waals surface area contributed by atoms with E-state index < -0.39 is 11.7 Å². The predicted molar refractivity (Wildman–Crippen MR) is 109 cm³/mol. The maximum Gasteiger partial charge on any atom is 0.407 e. The number of benzene rings is 1. The molecule has 29 heavy (non-hydrogen) atoms. The number of aryl methyl sites for hydroxylation is 2. The van der Waals surface area contributed by atoms with E-state index in [4.69, 9.17) is 9.47 Å². The molecule has 0 saturated heterocycles. The van der Waals surface area contributed by atoms with Crippen molar-refractivity contribution in [3.63, 3.8) is 0 Å². The SMILES string of the molecule is CCCc1nc(-c2ccc(OC/C(=C/F)CNC(=O)OC(C)(C)C)cc2)n(C)n1. The molecule has 0 saturated carbocycles. The summed E-state index contributed by atoms with van der Waals surface area (Å²) < 4.78 is 25.6. The lowest BCUT2D eigenvalue weighted by atomic mass is 10.2. The van der Waals surface area contributed by atoms with Crippen LogP contribution in [-0.2, 0) is 18.2 Å². The molecule has 1 aromatic heterocycles. The van der Waals surface area contributed by atoms with Gasteiger partial charge >= 0.3 is 6.09 Å². The van der Waals surface area contributed by atoms with E-state index in [2.05, 4.69) is 22.3 Å². The number of ether oxygens (including phenoxy) is 2. The minimum atomic E-state index is -0.609. The highest BCUT2D eigenvalue weighted by atomic mass is 19.1. The molecule has 1 aromatic carbocycles. The number of rotatable bonds is 8. The lowest BCUT2D eigenvalue weighted by Gasteiger charge is -2.20. The van der Waals surface area contributed by atoms with Crippen LogP contribution in [0.1, 0.15) is 39.9 Å². The summed E-state index contributed by atoms with van der Waals surface area (Å²) in [7, 11) is 1.86. The number of hydrogen-bond acceptors (Lipinski definition) is 5. The number of carbonyl (C=O) groups is 1. The summed E-state index contributed by atoms with van der Waals surface area (Å²) in [6.45, 7) is 7.38. The van der Waals surface area contributed by atoms with Gasteiger partial charge in [-0.25, -0.2) is 18.9 Å². The largest absolute Gasteiger partial charge is 0.489 e. The Morgan fingerprint density at radius 2 is 1.97 bits per heavy atom. The van der Waals surface area contributed by atoms with Gasteiger partial charge in [0.25, 0.3) is 0 Å². The average molecular weight is 404 g/mol. The first-order chi connectivity index (χ1) is 13.7. The Morgan fingerprint density at radius 3 is 2.55 bits per heavy atom. The summed E-state index contributed by atoms with van der Waals surface area (Å²) in [4.78, 5) is 16.2. The van der Waals surface area contributed by atoms with Gasteiger partial charge in [-0.1, -0.05) is 6.92 Å². The molecule has 2 rings (SSSR count). The van der Waals surface area contributed by atoms with E-state index in [1.807, 2.05) is 19.2 Å². The maximum absolute atomic E-state index is 13.1. The molecular formula is C21H29FN4O3. The van der Waals surface area contributed by atoms with Crippen LogP contribution >= 0.6 is 0 Å². The van der Waals surface area contributed by atoms with Gasteiger partial charge in [0.1, 0.15) is 18.0 Å². The predicted octanol–water partition coefficient (Wildman–Crippen LogP) is 4.19. The summed E-state index contributed by atoms with van der Waals surface area (Å²) in [6, 6.07) is 7.35. The molecule has 8 heteroatoms. The van der Waals surface area contributed by atoms with Crippen LogP contribution in [0.5, 0.6) is 5.75 Å². The van der Waals surface area contributed by atoms with Gasteiger partial charge in [0, 0.05) is 31.1 Å². The normalized spacial score (nSPS) is 12.0. The zero-order valence-corrected chi connectivity index (χ0v) is 17.7. The van der Waals surface area contributed by atoms with E-state index in [0.29, 0.717) is 12.1 Å². The van der Waals surface area contributed by atoms with Crippen molar-refractivity contribution in [1.29, 1.82) is 0 Å². The summed E-state index contributed by atoms with van der Waals surface area (Å²) in [5, 5.41) is 6.92. The molecule has 158 valence electrons. The monoisotopic (exact) mass is 404 g/mol. The summed E-state index contributed by atoms with van der Waals surface area (Å²) in [6.07, 6.45) is 1.65. The van der Waals surface area contributed by atoms with Crippen LogP contribution in [0.2, 0.25) is 0 Å². The van der Waals surface area contributed by atoms with Crippen LogP contribution in [-0.4, -0.2) is 39.6 Å². The highest BCUT2D eigenvalue weighted by Crippen LogP contribution is 2.21. The van der Waals surface area contributed by atoms with Gasteiger partial charge in [0.2, 0.25) is 0 Å². The van der Waals surface area contributed by atoms with E-state index in [-0.39, 0.29) is 18.7 Å². The topological polar surface area (TPSA) is 78.3 Å². The molecule has 0 fully saturated rings. The molecule has 7 nitrogen and oxygen atoms in total. The number of nitrogens with zero attached hydrogens (tertiary/aromatic N) is 3. The highest BCUT2D eigenvalue weighted by Gasteiger charge is 2.16. The highest BCUT2D eigenvalue weighted by molar-refractivity contribution is 5.68. The number of carbonyl (C=O) groups excluding carboxylic acids is 1. The summed E-state index contributed by atoms with van der Waals surface area (Å²) in [5.41, 5.74) is 0.599. The fourth-order valence-electron chi connectivity index (χ4n) is 2.52. The van der Waals surface area contributed by atoms with Crippen molar-refractivity contribution in [2.24, 2.45) is 7.05 Å². The van der Waals surface area contributed by atoms with Crippen LogP contribution in [0.25, 0.3) is 11.4 Å². The third-order valence-electron chi connectivity index (χ3n) is 3.83. The quantitative estimate of drug-likeness (QED) is 0.714. The summed E-state index contributed by atoms with van der Waals surface area (Å²) in [5.74, 6) is 2.19. The molecule has 0 radical (unpaired) electrons. The van der Waals surface area contributed by atoms with Crippen LogP contribution in [0, 0.1) is 0 Å². The van der Waals surface area contributed by atoms with Crippen molar-refractivity contribution in [3.8, 4) is 17.1 Å². The minimum Gasteiger partial charge on any atom is -0.489 e. The van der Waals surface area contributed by atoms with Gasteiger partial charge < -0.3 is 14.8 Å². The molecular weight excluding hydrogens is 375 g/mol. The van der Waals surface area contributed by atoms with Crippen LogP contribution in [0.3, 0.4) is 0 Å². The number of hydrogen-bond donors (Lipinski definition) is 1. The number of halogens is 1. The molecule has 0 bridgehead atoms. The molecule has 1 heterocycles. The number of alkyl carbamates (subject to hydrolysis) is 1. The third-order valence-corrected chi connectivity index (χ3v) is 3.83. The Kier molecular flexibility index (Phi) is 7.75. The van der Waals surface area contributed by atoms with Crippen LogP contribution in [0.4, 0.5) is 9.18 Å². The molecule has 0 aliphatic rings. The zero-order chi connectivity index (χ0) is 21.4. The van der Waals surface area contributed by atoms with Crippen LogP contribution in [0.15, 0.2) is 36.2 Å². The Bertz CT molecular complexity index is 839. The second kappa shape index (κ2) is 10.0. The molecule has 0 unspecified atom stereocenters. The zero-order valence-electron chi connectivity index (χ0n) is 17.7. The van der Waals surface area contributed by atoms with E-state index >= 15 is 0 Å². The number of aromatic nitrogens is 3. The first-order valence-electron chi connectivity index (χ1n) is 9.60. The Hall–Kier alpha value is -2.90. The number of amides is 1. The van der Waals surface area contributed by atoms with Gasteiger partial charge in [-0.3, -0.25) is 0 Å². The second-order valence-corrected chi connectivity index (χ2v) is 7.66. The van der Waals surface area contributed by atoms with E-state index in [1.165, 1.54) is 0 Å². The Morgan fingerprint density at radius 1 is 1.28 bits per heavy atom. The van der Waals surface area contributed by atoms with Crippen molar-refractivity contribution in [2.45, 2.75) is 46.1 Å². The maximum atomic E-state index is 13.1. The van der Waals surface area contributed by atoms with Crippen molar-refractivity contribution in [3.05, 3.63) is 42.0 Å². The summed E-state index contributed by atoms with van der Waals surface area (Å²) >= 11 is 0. The second-order valence-electron chi connectivity index (χ2n) is 7.66. The fourth-order valence-corrected chi connectivity index (χ4v) is 2.52. The first kappa shape index (κ1) is 22.4. The fraction of sp³-hybridized carbons (Fsp3) is 0.476. The molecule has 0 aliphatic carbocycles. The lowest BCUT2D eigenvalue weighted by Crippen LogP contribution is -2.34. The minimum absolute atomic E-state index is 0.00262. The van der Waals surface area contributed by atoms with E-state index in [0.717, 1.165) is 30.1 Å². The van der Waals surface area contributed by atoms with E-state index in [1.54, 1.807) is 37.6 Å². The molecule has 0 atom stereocenters. The Balaban J connectivity index is 1.90. The van der Waals surface area contributed by atoms with Gasteiger partial charge in [-0.15, -0.1) is 0 Å². The van der Waals surface area contributed by atoms with Gasteiger partial charge in [0.05, 0.1) is 6.33 Å². The number of nitrogens with one attached hydrogen (secondary N) is 1. The molecule has 2 aromatic rings.